The average molecular weight is 209 g/mol. The molecule has 0 saturated heterocycles. The van der Waals surface area contributed by atoms with Crippen molar-refractivity contribution in [2.75, 3.05) is 6.61 Å². The van der Waals surface area contributed by atoms with Crippen molar-refractivity contribution < 1.29 is 9.90 Å². The zero-order chi connectivity index (χ0) is 11.3. The SMILES string of the molecule is CC(C)[C@@H](CO)NC(=O)c1cnccn1. The van der Waals surface area contributed by atoms with Crippen molar-refractivity contribution in [2.45, 2.75) is 19.9 Å². The number of aliphatic hydroxyl groups is 1. The number of carbonyl (C=O) groups is 1. The molecule has 5 nitrogen and oxygen atoms in total. The monoisotopic (exact) mass is 209 g/mol. The number of amides is 1. The molecular weight excluding hydrogens is 194 g/mol. The highest BCUT2D eigenvalue weighted by Crippen LogP contribution is 2.01. The molecule has 0 saturated carbocycles. The number of hydrogen-bond acceptors (Lipinski definition) is 4. The van der Waals surface area contributed by atoms with Gasteiger partial charge in [0.05, 0.1) is 18.8 Å². The molecule has 5 heteroatoms. The molecule has 0 spiro atoms. The maximum absolute atomic E-state index is 11.6. The first-order chi connectivity index (χ1) is 7.15. The molecule has 0 aliphatic carbocycles. The Morgan fingerprint density at radius 2 is 2.27 bits per heavy atom. The first-order valence-electron chi connectivity index (χ1n) is 4.83. The minimum Gasteiger partial charge on any atom is -0.394 e. The summed E-state index contributed by atoms with van der Waals surface area (Å²) in [4.78, 5) is 19.3. The highest BCUT2D eigenvalue weighted by atomic mass is 16.3. The first-order valence-corrected chi connectivity index (χ1v) is 4.83. The van der Waals surface area contributed by atoms with Gasteiger partial charge in [-0.15, -0.1) is 0 Å². The average Bonchev–Trinajstić information content (AvgIpc) is 2.26. The maximum Gasteiger partial charge on any atom is 0.271 e. The second kappa shape index (κ2) is 5.41. The fourth-order valence-corrected chi connectivity index (χ4v) is 1.08. The van der Waals surface area contributed by atoms with Gasteiger partial charge in [-0.3, -0.25) is 9.78 Å². The van der Waals surface area contributed by atoms with Crippen LogP contribution in [0.3, 0.4) is 0 Å². The van der Waals surface area contributed by atoms with Gasteiger partial charge in [0.1, 0.15) is 5.69 Å². The summed E-state index contributed by atoms with van der Waals surface area (Å²) < 4.78 is 0. The van der Waals surface area contributed by atoms with Crippen molar-refractivity contribution >= 4 is 5.91 Å². The predicted octanol–water partition coefficient (Wildman–Crippen LogP) is 0.223. The standard InChI is InChI=1S/C10H15N3O2/c1-7(2)9(6-14)13-10(15)8-5-11-3-4-12-8/h3-5,7,9,14H,6H2,1-2H3,(H,13,15)/t9-/m1/s1. The van der Waals surface area contributed by atoms with Crippen LogP contribution in [0.4, 0.5) is 0 Å². The molecule has 1 aromatic heterocycles. The Bertz CT molecular complexity index is 314. The van der Waals surface area contributed by atoms with E-state index in [1.54, 1.807) is 0 Å². The van der Waals surface area contributed by atoms with E-state index in [2.05, 4.69) is 15.3 Å². The van der Waals surface area contributed by atoms with Gasteiger partial charge in [-0.2, -0.15) is 0 Å². The van der Waals surface area contributed by atoms with Crippen LogP contribution in [0.25, 0.3) is 0 Å². The van der Waals surface area contributed by atoms with Gasteiger partial charge in [0.15, 0.2) is 0 Å². The zero-order valence-electron chi connectivity index (χ0n) is 8.84. The van der Waals surface area contributed by atoms with Gasteiger partial charge in [0, 0.05) is 12.4 Å². The number of carbonyl (C=O) groups excluding carboxylic acids is 1. The third kappa shape index (κ3) is 3.28. The van der Waals surface area contributed by atoms with Crippen LogP contribution in [0.5, 0.6) is 0 Å². The summed E-state index contributed by atoms with van der Waals surface area (Å²) in [6.45, 7) is 3.78. The smallest absolute Gasteiger partial charge is 0.271 e. The molecule has 0 radical (unpaired) electrons. The van der Waals surface area contributed by atoms with Crippen molar-refractivity contribution in [1.82, 2.24) is 15.3 Å². The number of hydrogen-bond donors (Lipinski definition) is 2. The van der Waals surface area contributed by atoms with Crippen molar-refractivity contribution in [3.05, 3.63) is 24.3 Å². The molecule has 0 fully saturated rings. The molecule has 1 aromatic rings. The van der Waals surface area contributed by atoms with Gasteiger partial charge < -0.3 is 10.4 Å². The molecule has 15 heavy (non-hydrogen) atoms. The van der Waals surface area contributed by atoms with Crippen molar-refractivity contribution in [2.24, 2.45) is 5.92 Å². The van der Waals surface area contributed by atoms with E-state index < -0.39 is 0 Å². The topological polar surface area (TPSA) is 75.1 Å². The van der Waals surface area contributed by atoms with Gasteiger partial charge >= 0.3 is 0 Å². The molecule has 1 amide bonds. The Labute approximate surface area is 88.6 Å². The molecule has 1 heterocycles. The normalized spacial score (nSPS) is 12.5. The Morgan fingerprint density at radius 3 is 2.73 bits per heavy atom. The fraction of sp³-hybridized carbons (Fsp3) is 0.500. The molecule has 0 bridgehead atoms. The van der Waals surface area contributed by atoms with Crippen LogP contribution in [0, 0.1) is 5.92 Å². The van der Waals surface area contributed by atoms with Gasteiger partial charge in [-0.25, -0.2) is 4.98 Å². The Kier molecular flexibility index (Phi) is 4.17. The summed E-state index contributed by atoms with van der Waals surface area (Å²) in [6.07, 6.45) is 4.35. The molecule has 82 valence electrons. The molecule has 0 unspecified atom stereocenters. The predicted molar refractivity (Wildman–Crippen MR) is 55.2 cm³/mol. The van der Waals surface area contributed by atoms with E-state index in [1.807, 2.05) is 13.8 Å². The van der Waals surface area contributed by atoms with Crippen LogP contribution >= 0.6 is 0 Å². The Balaban J connectivity index is 2.63. The van der Waals surface area contributed by atoms with E-state index in [0.717, 1.165) is 0 Å². The molecule has 1 rings (SSSR count). The van der Waals surface area contributed by atoms with Crippen molar-refractivity contribution in [1.29, 1.82) is 0 Å². The lowest BCUT2D eigenvalue weighted by atomic mass is 10.1. The number of aliphatic hydroxyl groups excluding tert-OH is 1. The van der Waals surface area contributed by atoms with Gasteiger partial charge in [0.2, 0.25) is 0 Å². The number of rotatable bonds is 4. The van der Waals surface area contributed by atoms with Crippen molar-refractivity contribution in [3.63, 3.8) is 0 Å². The molecule has 0 aliphatic heterocycles. The summed E-state index contributed by atoms with van der Waals surface area (Å²) in [6, 6.07) is -0.250. The summed E-state index contributed by atoms with van der Waals surface area (Å²) in [5, 5.41) is 11.7. The minimum absolute atomic E-state index is 0.0797. The lowest BCUT2D eigenvalue weighted by Gasteiger charge is -2.19. The van der Waals surface area contributed by atoms with Crippen LogP contribution < -0.4 is 5.32 Å². The zero-order valence-corrected chi connectivity index (χ0v) is 8.84. The van der Waals surface area contributed by atoms with E-state index in [-0.39, 0.29) is 30.2 Å². The minimum atomic E-state index is -0.309. The van der Waals surface area contributed by atoms with Gasteiger partial charge in [-0.05, 0) is 5.92 Å². The molecular formula is C10H15N3O2. The Hall–Kier alpha value is -1.49. The maximum atomic E-state index is 11.6. The number of nitrogens with zero attached hydrogens (tertiary/aromatic N) is 2. The Morgan fingerprint density at radius 1 is 1.53 bits per heavy atom. The van der Waals surface area contributed by atoms with Crippen LogP contribution in [0.1, 0.15) is 24.3 Å². The third-order valence-electron chi connectivity index (χ3n) is 2.11. The fourth-order valence-electron chi connectivity index (χ4n) is 1.08. The molecule has 0 aliphatic rings. The highest BCUT2D eigenvalue weighted by Gasteiger charge is 2.16. The molecule has 0 aromatic carbocycles. The van der Waals surface area contributed by atoms with Crippen LogP contribution in [-0.2, 0) is 0 Å². The van der Waals surface area contributed by atoms with E-state index in [9.17, 15) is 4.79 Å². The van der Waals surface area contributed by atoms with E-state index >= 15 is 0 Å². The van der Waals surface area contributed by atoms with Gasteiger partial charge in [0.25, 0.3) is 5.91 Å². The summed E-state index contributed by atoms with van der Waals surface area (Å²) in [7, 11) is 0. The number of nitrogens with one attached hydrogen (secondary N) is 1. The summed E-state index contributed by atoms with van der Waals surface area (Å²) in [5.74, 6) is -0.133. The second-order valence-corrected chi connectivity index (χ2v) is 3.60. The third-order valence-corrected chi connectivity index (χ3v) is 2.11. The van der Waals surface area contributed by atoms with E-state index in [1.165, 1.54) is 18.6 Å². The first kappa shape index (κ1) is 11.6. The lowest BCUT2D eigenvalue weighted by molar-refractivity contribution is 0.0891. The molecule has 1 atom stereocenters. The second-order valence-electron chi connectivity index (χ2n) is 3.60. The van der Waals surface area contributed by atoms with Crippen LogP contribution in [-0.4, -0.2) is 33.6 Å². The summed E-state index contributed by atoms with van der Waals surface area (Å²) in [5.41, 5.74) is 0.261. The quantitative estimate of drug-likeness (QED) is 0.744. The van der Waals surface area contributed by atoms with E-state index in [4.69, 9.17) is 5.11 Å². The largest absolute Gasteiger partial charge is 0.394 e. The van der Waals surface area contributed by atoms with Crippen molar-refractivity contribution in [3.8, 4) is 0 Å². The van der Waals surface area contributed by atoms with E-state index in [0.29, 0.717) is 0 Å². The number of aromatic nitrogens is 2. The van der Waals surface area contributed by atoms with Crippen LogP contribution in [0.2, 0.25) is 0 Å². The summed E-state index contributed by atoms with van der Waals surface area (Å²) >= 11 is 0. The highest BCUT2D eigenvalue weighted by molar-refractivity contribution is 5.92. The van der Waals surface area contributed by atoms with Crippen LogP contribution in [0.15, 0.2) is 18.6 Å². The molecule has 2 N–H and O–H groups in total. The lowest BCUT2D eigenvalue weighted by Crippen LogP contribution is -2.41. The van der Waals surface area contributed by atoms with Gasteiger partial charge in [-0.1, -0.05) is 13.8 Å².